The summed E-state index contributed by atoms with van der Waals surface area (Å²) >= 11 is 0. The van der Waals surface area contributed by atoms with E-state index in [0.717, 1.165) is 12.1 Å². The van der Waals surface area contributed by atoms with Crippen molar-refractivity contribution in [2.75, 3.05) is 6.54 Å². The lowest BCUT2D eigenvalue weighted by atomic mass is 10.1. The van der Waals surface area contributed by atoms with E-state index in [1.54, 1.807) is 0 Å². The molecule has 0 radical (unpaired) electrons. The summed E-state index contributed by atoms with van der Waals surface area (Å²) in [6.07, 6.45) is -2.78. The van der Waals surface area contributed by atoms with Crippen molar-refractivity contribution in [3.05, 3.63) is 35.4 Å². The van der Waals surface area contributed by atoms with E-state index in [-0.39, 0.29) is 5.56 Å². The zero-order valence-corrected chi connectivity index (χ0v) is 10.1. The maximum Gasteiger partial charge on any atom is 0.416 e. The van der Waals surface area contributed by atoms with Crippen LogP contribution < -0.4 is 5.32 Å². The van der Waals surface area contributed by atoms with Crippen LogP contribution in [0.3, 0.4) is 0 Å². The molecule has 0 bridgehead atoms. The van der Waals surface area contributed by atoms with E-state index < -0.39 is 17.6 Å². The Morgan fingerprint density at radius 1 is 1.32 bits per heavy atom. The summed E-state index contributed by atoms with van der Waals surface area (Å²) in [5.41, 5.74) is -0.861. The Morgan fingerprint density at radius 3 is 2.68 bits per heavy atom. The normalized spacial score (nSPS) is 10.8. The van der Waals surface area contributed by atoms with Crippen molar-refractivity contribution in [2.45, 2.75) is 25.4 Å². The molecule has 1 N–H and O–H groups in total. The number of rotatable bonds is 5. The number of unbranched alkanes of at least 4 members (excludes halogenated alkanes) is 2. The standard InChI is InChI=1S/C13H13F3N2O/c14-13(15,16)11-6-4-5-10(9-11)12(19)18-8-3-1-2-7-17/h4-6,9H,1-3,8H2,(H,18,19). The molecule has 1 rings (SSSR count). The summed E-state index contributed by atoms with van der Waals surface area (Å²) in [5, 5.41) is 10.8. The van der Waals surface area contributed by atoms with E-state index in [2.05, 4.69) is 5.32 Å². The second-order valence-corrected chi connectivity index (χ2v) is 3.95. The van der Waals surface area contributed by atoms with Gasteiger partial charge in [-0.15, -0.1) is 0 Å². The lowest BCUT2D eigenvalue weighted by molar-refractivity contribution is -0.137. The van der Waals surface area contributed by atoms with Gasteiger partial charge in [0.25, 0.3) is 5.91 Å². The number of nitrogens with one attached hydrogen (secondary N) is 1. The lowest BCUT2D eigenvalue weighted by Crippen LogP contribution is -2.24. The van der Waals surface area contributed by atoms with Crippen molar-refractivity contribution in [1.29, 1.82) is 5.26 Å². The van der Waals surface area contributed by atoms with Gasteiger partial charge in [-0.1, -0.05) is 6.07 Å². The average molecular weight is 270 g/mol. The van der Waals surface area contributed by atoms with Crippen LogP contribution in [0, 0.1) is 11.3 Å². The SMILES string of the molecule is N#CCCCCNC(=O)c1cccc(C(F)(F)F)c1. The van der Waals surface area contributed by atoms with Gasteiger partial charge in [0, 0.05) is 18.5 Å². The van der Waals surface area contributed by atoms with Crippen LogP contribution in [-0.4, -0.2) is 12.5 Å². The van der Waals surface area contributed by atoms with Crippen molar-refractivity contribution in [2.24, 2.45) is 0 Å². The summed E-state index contributed by atoms with van der Waals surface area (Å²) in [4.78, 5) is 11.6. The van der Waals surface area contributed by atoms with Crippen LogP contribution in [0.15, 0.2) is 24.3 Å². The number of alkyl halides is 3. The van der Waals surface area contributed by atoms with Crippen molar-refractivity contribution < 1.29 is 18.0 Å². The van der Waals surface area contributed by atoms with Crippen molar-refractivity contribution in [3.8, 4) is 6.07 Å². The van der Waals surface area contributed by atoms with Crippen LogP contribution in [-0.2, 0) is 6.18 Å². The molecule has 0 aliphatic heterocycles. The Morgan fingerprint density at radius 2 is 2.05 bits per heavy atom. The van der Waals surface area contributed by atoms with Gasteiger partial charge >= 0.3 is 6.18 Å². The second kappa shape index (κ2) is 6.78. The zero-order chi connectivity index (χ0) is 14.3. The number of amides is 1. The molecule has 0 aliphatic rings. The van der Waals surface area contributed by atoms with Gasteiger partial charge < -0.3 is 5.32 Å². The minimum Gasteiger partial charge on any atom is -0.352 e. The van der Waals surface area contributed by atoms with Gasteiger partial charge in [-0.05, 0) is 31.0 Å². The van der Waals surface area contributed by atoms with E-state index in [1.807, 2.05) is 6.07 Å². The first-order valence-corrected chi connectivity index (χ1v) is 5.77. The van der Waals surface area contributed by atoms with Gasteiger partial charge in [0.05, 0.1) is 11.6 Å². The number of nitrogens with zero attached hydrogens (tertiary/aromatic N) is 1. The number of halogens is 3. The van der Waals surface area contributed by atoms with E-state index in [4.69, 9.17) is 5.26 Å². The molecule has 6 heteroatoms. The van der Waals surface area contributed by atoms with E-state index >= 15 is 0 Å². The predicted molar refractivity (Wildman–Crippen MR) is 63.2 cm³/mol. The summed E-state index contributed by atoms with van der Waals surface area (Å²) in [6.45, 7) is 0.344. The smallest absolute Gasteiger partial charge is 0.352 e. The molecule has 1 amide bonds. The Kier molecular flexibility index (Phi) is 5.37. The fourth-order valence-corrected chi connectivity index (χ4v) is 1.47. The molecule has 3 nitrogen and oxygen atoms in total. The van der Waals surface area contributed by atoms with E-state index in [0.29, 0.717) is 25.8 Å². The van der Waals surface area contributed by atoms with E-state index in [1.165, 1.54) is 12.1 Å². The molecular weight excluding hydrogens is 257 g/mol. The van der Waals surface area contributed by atoms with Crippen LogP contribution in [0.1, 0.15) is 35.2 Å². The first kappa shape index (κ1) is 15.0. The molecule has 0 saturated carbocycles. The number of benzene rings is 1. The van der Waals surface area contributed by atoms with Gasteiger partial charge in [-0.25, -0.2) is 0 Å². The van der Waals surface area contributed by atoms with Crippen LogP contribution in [0.5, 0.6) is 0 Å². The topological polar surface area (TPSA) is 52.9 Å². The highest BCUT2D eigenvalue weighted by Gasteiger charge is 2.30. The number of hydrogen-bond donors (Lipinski definition) is 1. The van der Waals surface area contributed by atoms with E-state index in [9.17, 15) is 18.0 Å². The summed E-state index contributed by atoms with van der Waals surface area (Å²) in [5.74, 6) is -0.539. The van der Waals surface area contributed by atoms with Crippen LogP contribution in [0.2, 0.25) is 0 Å². The van der Waals surface area contributed by atoms with Gasteiger partial charge in [0.2, 0.25) is 0 Å². The number of hydrogen-bond acceptors (Lipinski definition) is 2. The highest BCUT2D eigenvalue weighted by atomic mass is 19.4. The first-order chi connectivity index (χ1) is 8.95. The third-order valence-electron chi connectivity index (χ3n) is 2.45. The molecule has 1 aromatic rings. The third kappa shape index (κ3) is 5.00. The highest BCUT2D eigenvalue weighted by Crippen LogP contribution is 2.29. The fraction of sp³-hybridized carbons (Fsp3) is 0.385. The maximum atomic E-state index is 12.5. The number of nitriles is 1. The summed E-state index contributed by atoms with van der Waals surface area (Å²) < 4.78 is 37.4. The largest absolute Gasteiger partial charge is 0.416 e. The summed E-state index contributed by atoms with van der Waals surface area (Å²) in [7, 11) is 0. The summed E-state index contributed by atoms with van der Waals surface area (Å²) in [6, 6.07) is 6.25. The van der Waals surface area contributed by atoms with Gasteiger partial charge in [-0.2, -0.15) is 18.4 Å². The molecule has 0 spiro atoms. The average Bonchev–Trinajstić information content (AvgIpc) is 2.37. The highest BCUT2D eigenvalue weighted by molar-refractivity contribution is 5.94. The Hall–Kier alpha value is -2.03. The van der Waals surface area contributed by atoms with Crippen molar-refractivity contribution in [3.63, 3.8) is 0 Å². The molecule has 0 fully saturated rings. The van der Waals surface area contributed by atoms with Gasteiger partial charge in [-0.3, -0.25) is 4.79 Å². The molecule has 0 aromatic heterocycles. The Labute approximate surface area is 109 Å². The minimum absolute atomic E-state index is 0.0184. The second-order valence-electron chi connectivity index (χ2n) is 3.95. The maximum absolute atomic E-state index is 12.5. The Balaban J connectivity index is 2.56. The fourth-order valence-electron chi connectivity index (χ4n) is 1.47. The monoisotopic (exact) mass is 270 g/mol. The number of carbonyl (C=O) groups is 1. The predicted octanol–water partition coefficient (Wildman–Crippen LogP) is 3.13. The van der Waals surface area contributed by atoms with Crippen LogP contribution in [0.4, 0.5) is 13.2 Å². The third-order valence-corrected chi connectivity index (χ3v) is 2.45. The zero-order valence-electron chi connectivity index (χ0n) is 10.1. The molecule has 0 aliphatic carbocycles. The molecule has 0 unspecified atom stereocenters. The molecule has 0 heterocycles. The first-order valence-electron chi connectivity index (χ1n) is 5.77. The quantitative estimate of drug-likeness (QED) is 0.836. The minimum atomic E-state index is -4.46. The molecule has 1 aromatic carbocycles. The molecule has 0 atom stereocenters. The van der Waals surface area contributed by atoms with Crippen LogP contribution in [0.25, 0.3) is 0 Å². The molecule has 0 saturated heterocycles. The Bertz CT molecular complexity index is 478. The van der Waals surface area contributed by atoms with Gasteiger partial charge in [0.15, 0.2) is 0 Å². The number of carbonyl (C=O) groups excluding carboxylic acids is 1. The molecule has 102 valence electrons. The van der Waals surface area contributed by atoms with Gasteiger partial charge in [0.1, 0.15) is 0 Å². The van der Waals surface area contributed by atoms with Crippen LogP contribution >= 0.6 is 0 Å². The lowest BCUT2D eigenvalue weighted by Gasteiger charge is -2.09. The molecule has 19 heavy (non-hydrogen) atoms. The molecular formula is C13H13F3N2O. The van der Waals surface area contributed by atoms with Crippen molar-refractivity contribution >= 4 is 5.91 Å². The van der Waals surface area contributed by atoms with Crippen molar-refractivity contribution in [1.82, 2.24) is 5.32 Å².